The fraction of sp³-hybridized carbons (Fsp3) is 0.500. The van der Waals surface area contributed by atoms with Crippen molar-refractivity contribution in [2.75, 3.05) is 0 Å². The van der Waals surface area contributed by atoms with E-state index >= 15 is 0 Å². The van der Waals surface area contributed by atoms with Crippen molar-refractivity contribution in [2.24, 2.45) is 5.41 Å². The van der Waals surface area contributed by atoms with Gasteiger partial charge in [-0.3, -0.25) is 0 Å². The van der Waals surface area contributed by atoms with Crippen LogP contribution in [-0.2, 0) is 0 Å². The number of benzene rings is 1. The molecule has 0 heterocycles. The molecule has 0 aliphatic heterocycles. The number of allylic oxidation sites excluding steroid dienone is 1. The van der Waals surface area contributed by atoms with E-state index in [0.717, 1.165) is 12.8 Å². The van der Waals surface area contributed by atoms with Crippen molar-refractivity contribution in [3.63, 3.8) is 0 Å². The molecule has 0 aromatic heterocycles. The first kappa shape index (κ1) is 12.4. The highest BCUT2D eigenvalue weighted by Crippen LogP contribution is 2.39. The van der Waals surface area contributed by atoms with Gasteiger partial charge in [0.25, 0.3) is 0 Å². The van der Waals surface area contributed by atoms with Gasteiger partial charge in [0.15, 0.2) is 0 Å². The zero-order chi connectivity index (χ0) is 12.6. The molecule has 0 amide bonds. The van der Waals surface area contributed by atoms with Crippen LogP contribution in [0.5, 0.6) is 0 Å². The summed E-state index contributed by atoms with van der Waals surface area (Å²) in [4.78, 5) is 0. The Kier molecular flexibility index (Phi) is 3.13. The van der Waals surface area contributed by atoms with Crippen LogP contribution in [0.4, 0.5) is 0 Å². The summed E-state index contributed by atoms with van der Waals surface area (Å²) in [7, 11) is 0. The van der Waals surface area contributed by atoms with Crippen molar-refractivity contribution in [1.29, 1.82) is 0 Å². The number of aliphatic hydroxyl groups is 1. The summed E-state index contributed by atoms with van der Waals surface area (Å²) >= 11 is 0. The fourth-order valence-electron chi connectivity index (χ4n) is 2.64. The maximum absolute atomic E-state index is 9.92. The van der Waals surface area contributed by atoms with Crippen molar-refractivity contribution in [1.82, 2.24) is 0 Å². The van der Waals surface area contributed by atoms with E-state index in [1.54, 1.807) is 0 Å². The molecule has 1 aliphatic carbocycles. The summed E-state index contributed by atoms with van der Waals surface area (Å²) in [5, 5.41) is 9.92. The van der Waals surface area contributed by atoms with Gasteiger partial charge in [-0.25, -0.2) is 0 Å². The maximum Gasteiger partial charge on any atom is 0.0732 e. The van der Waals surface area contributed by atoms with Gasteiger partial charge in [-0.2, -0.15) is 0 Å². The van der Waals surface area contributed by atoms with Crippen molar-refractivity contribution in [2.45, 2.75) is 46.6 Å². The van der Waals surface area contributed by atoms with Gasteiger partial charge in [0.05, 0.1) is 6.10 Å². The zero-order valence-electron chi connectivity index (χ0n) is 11.2. The second kappa shape index (κ2) is 4.30. The van der Waals surface area contributed by atoms with Gasteiger partial charge in [-0.05, 0) is 54.4 Å². The Balaban J connectivity index is 2.36. The predicted molar refractivity (Wildman–Crippen MR) is 72.9 cm³/mol. The lowest BCUT2D eigenvalue weighted by molar-refractivity contribution is 0.146. The van der Waals surface area contributed by atoms with E-state index < -0.39 is 0 Å². The molecule has 1 nitrogen and oxygen atoms in total. The first-order valence-electron chi connectivity index (χ1n) is 6.34. The molecule has 0 spiro atoms. The summed E-state index contributed by atoms with van der Waals surface area (Å²) in [5.41, 5.74) is 5.39. The van der Waals surface area contributed by atoms with Crippen LogP contribution in [0, 0.1) is 19.3 Å². The van der Waals surface area contributed by atoms with Gasteiger partial charge in [-0.15, -0.1) is 0 Å². The molecule has 92 valence electrons. The lowest BCUT2D eigenvalue weighted by atomic mass is 9.74. The molecule has 0 fully saturated rings. The lowest BCUT2D eigenvalue weighted by Gasteiger charge is -2.32. The Hall–Kier alpha value is -1.08. The third-order valence-corrected chi connectivity index (χ3v) is 3.70. The van der Waals surface area contributed by atoms with E-state index in [1.165, 1.54) is 22.3 Å². The van der Waals surface area contributed by atoms with Gasteiger partial charge in [0.2, 0.25) is 0 Å². The third-order valence-electron chi connectivity index (χ3n) is 3.70. The molecule has 1 heteroatoms. The minimum absolute atomic E-state index is 0.197. The highest BCUT2D eigenvalue weighted by atomic mass is 16.3. The van der Waals surface area contributed by atoms with Gasteiger partial charge >= 0.3 is 0 Å². The number of aryl methyl sites for hydroxylation is 2. The highest BCUT2D eigenvalue weighted by molar-refractivity contribution is 5.68. The normalized spacial score (nSPS) is 23.4. The second-order valence-electron chi connectivity index (χ2n) is 6.10. The fourth-order valence-corrected chi connectivity index (χ4v) is 2.64. The average molecular weight is 230 g/mol. The molecule has 0 saturated carbocycles. The summed E-state index contributed by atoms with van der Waals surface area (Å²) in [6.07, 6.45) is 3.64. The van der Waals surface area contributed by atoms with E-state index in [2.05, 4.69) is 45.9 Å². The molecular formula is C16H22O. The first-order chi connectivity index (χ1) is 7.87. The highest BCUT2D eigenvalue weighted by Gasteiger charge is 2.28. The Morgan fingerprint density at radius 3 is 2.47 bits per heavy atom. The zero-order valence-corrected chi connectivity index (χ0v) is 11.2. The lowest BCUT2D eigenvalue weighted by Crippen LogP contribution is -2.24. The van der Waals surface area contributed by atoms with Crippen LogP contribution in [0.2, 0.25) is 0 Å². The minimum Gasteiger partial charge on any atom is -0.389 e. The minimum atomic E-state index is -0.296. The average Bonchev–Trinajstić information content (AvgIpc) is 2.19. The predicted octanol–water partition coefficient (Wildman–Crippen LogP) is 3.87. The van der Waals surface area contributed by atoms with Crippen LogP contribution in [0.3, 0.4) is 0 Å². The summed E-state index contributed by atoms with van der Waals surface area (Å²) in [6.45, 7) is 8.73. The van der Waals surface area contributed by atoms with Crippen molar-refractivity contribution in [3.05, 3.63) is 41.0 Å². The molecule has 1 N–H and O–H groups in total. The Labute approximate surface area is 104 Å². The molecule has 0 radical (unpaired) electrons. The van der Waals surface area contributed by atoms with Crippen LogP contribution in [-0.4, -0.2) is 11.2 Å². The third kappa shape index (κ3) is 2.78. The smallest absolute Gasteiger partial charge is 0.0732 e. The van der Waals surface area contributed by atoms with E-state index in [0.29, 0.717) is 0 Å². The SMILES string of the molecule is Cc1ccc(C2=CC(O)CC(C)(C)C2)cc1C. The molecule has 17 heavy (non-hydrogen) atoms. The molecule has 1 aliphatic rings. The molecule has 1 atom stereocenters. The first-order valence-corrected chi connectivity index (χ1v) is 6.34. The Morgan fingerprint density at radius 2 is 1.88 bits per heavy atom. The van der Waals surface area contributed by atoms with Gasteiger partial charge in [0.1, 0.15) is 0 Å². The maximum atomic E-state index is 9.92. The number of hydrogen-bond acceptors (Lipinski definition) is 1. The molecule has 0 bridgehead atoms. The van der Waals surface area contributed by atoms with Crippen molar-refractivity contribution in [3.8, 4) is 0 Å². The quantitative estimate of drug-likeness (QED) is 0.776. The topological polar surface area (TPSA) is 20.2 Å². The monoisotopic (exact) mass is 230 g/mol. The molecule has 2 rings (SSSR count). The number of aliphatic hydroxyl groups excluding tert-OH is 1. The van der Waals surface area contributed by atoms with Crippen molar-refractivity contribution >= 4 is 5.57 Å². The summed E-state index contributed by atoms with van der Waals surface area (Å²) in [5.74, 6) is 0. The van der Waals surface area contributed by atoms with Crippen LogP contribution in [0.25, 0.3) is 5.57 Å². The van der Waals surface area contributed by atoms with Crippen LogP contribution < -0.4 is 0 Å². The molecule has 0 saturated heterocycles. The number of rotatable bonds is 1. The van der Waals surface area contributed by atoms with Gasteiger partial charge in [-0.1, -0.05) is 38.1 Å². The van der Waals surface area contributed by atoms with Crippen LogP contribution in [0.1, 0.15) is 43.4 Å². The van der Waals surface area contributed by atoms with E-state index in [9.17, 15) is 5.11 Å². The number of hydrogen-bond donors (Lipinski definition) is 1. The van der Waals surface area contributed by atoms with E-state index in [-0.39, 0.29) is 11.5 Å². The Bertz CT molecular complexity index is 455. The molecule has 1 aromatic carbocycles. The Morgan fingerprint density at radius 1 is 1.18 bits per heavy atom. The molecule has 1 aromatic rings. The van der Waals surface area contributed by atoms with E-state index in [4.69, 9.17) is 0 Å². The summed E-state index contributed by atoms with van der Waals surface area (Å²) < 4.78 is 0. The van der Waals surface area contributed by atoms with Crippen molar-refractivity contribution < 1.29 is 5.11 Å². The summed E-state index contributed by atoms with van der Waals surface area (Å²) in [6, 6.07) is 6.57. The van der Waals surface area contributed by atoms with Crippen LogP contribution in [0.15, 0.2) is 24.3 Å². The standard InChI is InChI=1S/C16H22O/c1-11-5-6-13(7-12(11)2)14-8-15(17)10-16(3,4)9-14/h5-8,15,17H,9-10H2,1-4H3. The molecule has 1 unspecified atom stereocenters. The van der Waals surface area contributed by atoms with Gasteiger partial charge in [0, 0.05) is 0 Å². The molecular weight excluding hydrogens is 208 g/mol. The second-order valence-corrected chi connectivity index (χ2v) is 6.10. The van der Waals surface area contributed by atoms with E-state index in [1.807, 2.05) is 6.08 Å². The van der Waals surface area contributed by atoms with Gasteiger partial charge < -0.3 is 5.11 Å². The van der Waals surface area contributed by atoms with Crippen LogP contribution >= 0.6 is 0 Å². The largest absolute Gasteiger partial charge is 0.389 e.